The molecule has 1 aromatic heterocycles. The second-order valence-electron chi connectivity index (χ2n) is 9.95. The molecule has 4 nitrogen and oxygen atoms in total. The number of aromatic nitrogens is 1. The molecule has 0 spiro atoms. The van der Waals surface area contributed by atoms with Crippen LogP contribution in [0.25, 0.3) is 0 Å². The van der Waals surface area contributed by atoms with E-state index in [4.69, 9.17) is 9.16 Å². The van der Waals surface area contributed by atoms with E-state index in [1.54, 1.807) is 17.1 Å². The molecule has 7 heteroatoms. The van der Waals surface area contributed by atoms with Crippen LogP contribution in [0.2, 0.25) is 18.1 Å². The Bertz CT molecular complexity index is 671. The Labute approximate surface area is 186 Å². The lowest BCUT2D eigenvalue weighted by molar-refractivity contribution is 0.0520. The first-order valence-corrected chi connectivity index (χ1v) is 15.6. The van der Waals surface area contributed by atoms with Crippen LogP contribution in [-0.2, 0) is 9.16 Å². The average molecular weight is 458 g/mol. The predicted octanol–water partition coefficient (Wildman–Crippen LogP) is 6.73. The van der Waals surface area contributed by atoms with Crippen molar-refractivity contribution < 1.29 is 14.0 Å². The molecule has 0 bridgehead atoms. The van der Waals surface area contributed by atoms with E-state index in [1.165, 1.54) is 24.2 Å². The lowest BCUT2D eigenvalue weighted by Gasteiger charge is -2.38. The molecule has 0 aliphatic heterocycles. The highest BCUT2D eigenvalue weighted by Crippen LogP contribution is 2.45. The van der Waals surface area contributed by atoms with Crippen LogP contribution in [0, 0.1) is 23.7 Å². The third-order valence-electron chi connectivity index (χ3n) is 6.84. The number of thioether (sulfide) groups is 1. The summed E-state index contributed by atoms with van der Waals surface area (Å²) in [5, 5.41) is 2.06. The van der Waals surface area contributed by atoms with Crippen molar-refractivity contribution in [2.24, 2.45) is 23.7 Å². The third kappa shape index (κ3) is 6.55. The molecule has 1 fully saturated rings. The third-order valence-corrected chi connectivity index (χ3v) is 13.4. The van der Waals surface area contributed by atoms with Gasteiger partial charge in [-0.2, -0.15) is 0 Å². The second-order valence-corrected chi connectivity index (χ2v) is 17.0. The van der Waals surface area contributed by atoms with Gasteiger partial charge in [-0.1, -0.05) is 46.4 Å². The van der Waals surface area contributed by atoms with Crippen molar-refractivity contribution in [3.8, 4) is 0 Å². The van der Waals surface area contributed by atoms with Crippen LogP contribution < -0.4 is 0 Å². The number of thiazole rings is 1. The van der Waals surface area contributed by atoms with Gasteiger partial charge in [-0.15, -0.1) is 11.3 Å². The standard InChI is InChI=1S/C22H39NO3S2Si/c1-9-25-20(24)19-14-28-21(23-19)27-11-10-17-15(2)12-16(3)18(17)13-26-29(7,8)22(4,5)6/h14-18H,9-13H2,1-8H3/t15-,16+,17-,18-/m0/s1. The van der Waals surface area contributed by atoms with Crippen molar-refractivity contribution in [1.29, 1.82) is 0 Å². The molecule has 0 amide bonds. The van der Waals surface area contributed by atoms with Crippen LogP contribution in [-0.4, -0.2) is 38.2 Å². The van der Waals surface area contributed by atoms with Gasteiger partial charge in [-0.05, 0) is 61.6 Å². The van der Waals surface area contributed by atoms with E-state index in [1.807, 2.05) is 6.92 Å². The SMILES string of the molecule is CCOC(=O)c1csc(SCC[C@@H]2[C@@H](CO[Si](C)(C)C(C)(C)C)[C@H](C)C[C@@H]2C)n1. The summed E-state index contributed by atoms with van der Waals surface area (Å²) in [4.78, 5) is 16.2. The summed E-state index contributed by atoms with van der Waals surface area (Å²) in [6.45, 7) is 19.5. The second kappa shape index (κ2) is 10.3. The summed E-state index contributed by atoms with van der Waals surface area (Å²) in [6, 6.07) is 0. The van der Waals surface area contributed by atoms with Gasteiger partial charge in [0.2, 0.25) is 0 Å². The topological polar surface area (TPSA) is 48.4 Å². The van der Waals surface area contributed by atoms with Crippen LogP contribution in [0.5, 0.6) is 0 Å². The molecule has 1 heterocycles. The van der Waals surface area contributed by atoms with Gasteiger partial charge in [0.15, 0.2) is 18.4 Å². The Morgan fingerprint density at radius 1 is 1.28 bits per heavy atom. The molecule has 0 N–H and O–H groups in total. The minimum atomic E-state index is -1.71. The molecule has 4 atom stereocenters. The zero-order valence-corrected chi connectivity index (χ0v) is 22.0. The van der Waals surface area contributed by atoms with Crippen LogP contribution >= 0.6 is 23.1 Å². The zero-order chi connectivity index (χ0) is 21.8. The summed E-state index contributed by atoms with van der Waals surface area (Å²) in [6.07, 6.45) is 2.47. The van der Waals surface area contributed by atoms with Crippen LogP contribution in [0.3, 0.4) is 0 Å². The summed E-state index contributed by atoms with van der Waals surface area (Å²) >= 11 is 3.30. The Morgan fingerprint density at radius 2 is 1.93 bits per heavy atom. The van der Waals surface area contributed by atoms with Gasteiger partial charge in [0.25, 0.3) is 0 Å². The summed E-state index contributed by atoms with van der Waals surface area (Å²) in [5.74, 6) is 3.52. The zero-order valence-electron chi connectivity index (χ0n) is 19.4. The van der Waals surface area contributed by atoms with Crippen molar-refractivity contribution in [1.82, 2.24) is 4.98 Å². The quantitative estimate of drug-likeness (QED) is 0.234. The van der Waals surface area contributed by atoms with E-state index in [0.29, 0.717) is 24.1 Å². The number of carbonyl (C=O) groups is 1. The van der Waals surface area contributed by atoms with E-state index in [-0.39, 0.29) is 11.0 Å². The molecular weight excluding hydrogens is 418 g/mol. The highest BCUT2D eigenvalue weighted by molar-refractivity contribution is 8.01. The minimum Gasteiger partial charge on any atom is -0.461 e. The first kappa shape index (κ1) is 24.9. The van der Waals surface area contributed by atoms with Crippen molar-refractivity contribution in [2.75, 3.05) is 19.0 Å². The normalized spacial score (nSPS) is 25.4. The van der Waals surface area contributed by atoms with Crippen molar-refractivity contribution >= 4 is 37.4 Å². The Kier molecular flexibility index (Phi) is 8.83. The van der Waals surface area contributed by atoms with E-state index in [2.05, 4.69) is 52.7 Å². The number of nitrogens with zero attached hydrogens (tertiary/aromatic N) is 1. The van der Waals surface area contributed by atoms with Gasteiger partial charge in [-0.3, -0.25) is 0 Å². The van der Waals surface area contributed by atoms with Crippen molar-refractivity contribution in [3.63, 3.8) is 0 Å². The van der Waals surface area contributed by atoms with Crippen molar-refractivity contribution in [2.45, 2.75) is 76.9 Å². The van der Waals surface area contributed by atoms with Crippen molar-refractivity contribution in [3.05, 3.63) is 11.1 Å². The molecule has 166 valence electrons. The van der Waals surface area contributed by atoms with Gasteiger partial charge in [0, 0.05) is 17.7 Å². The Morgan fingerprint density at radius 3 is 2.55 bits per heavy atom. The van der Waals surface area contributed by atoms with E-state index < -0.39 is 8.32 Å². The van der Waals surface area contributed by atoms with Crippen LogP contribution in [0.4, 0.5) is 0 Å². The monoisotopic (exact) mass is 457 g/mol. The van der Waals surface area contributed by atoms with Gasteiger partial charge >= 0.3 is 5.97 Å². The first-order chi connectivity index (χ1) is 13.5. The molecule has 1 aliphatic carbocycles. The smallest absolute Gasteiger partial charge is 0.357 e. The minimum absolute atomic E-state index is 0.257. The maximum Gasteiger partial charge on any atom is 0.357 e. The predicted molar refractivity (Wildman–Crippen MR) is 126 cm³/mol. The molecular formula is C22H39NO3S2Si. The fraction of sp³-hybridized carbons (Fsp3) is 0.818. The average Bonchev–Trinajstić information content (AvgIpc) is 3.18. The van der Waals surface area contributed by atoms with Gasteiger partial charge in [0.05, 0.1) is 6.61 Å². The Balaban J connectivity index is 1.90. The summed E-state index contributed by atoms with van der Waals surface area (Å²) < 4.78 is 12.6. The fourth-order valence-electron chi connectivity index (χ4n) is 3.99. The largest absolute Gasteiger partial charge is 0.461 e. The lowest BCUT2D eigenvalue weighted by Crippen LogP contribution is -2.42. The lowest BCUT2D eigenvalue weighted by atomic mass is 9.86. The molecule has 29 heavy (non-hydrogen) atoms. The van der Waals surface area contributed by atoms with Crippen LogP contribution in [0.15, 0.2) is 9.72 Å². The number of hydrogen-bond acceptors (Lipinski definition) is 6. The molecule has 1 aromatic rings. The molecule has 0 radical (unpaired) electrons. The molecule has 1 saturated carbocycles. The number of ether oxygens (including phenoxy) is 1. The number of hydrogen-bond donors (Lipinski definition) is 0. The van der Waals surface area contributed by atoms with E-state index in [0.717, 1.165) is 28.5 Å². The van der Waals surface area contributed by atoms with Gasteiger partial charge in [-0.25, -0.2) is 9.78 Å². The fourth-order valence-corrected chi connectivity index (χ4v) is 6.94. The Hall–Kier alpha value is -0.373. The summed E-state index contributed by atoms with van der Waals surface area (Å²) in [5.41, 5.74) is 0.433. The van der Waals surface area contributed by atoms with E-state index >= 15 is 0 Å². The van der Waals surface area contributed by atoms with Gasteiger partial charge < -0.3 is 9.16 Å². The van der Waals surface area contributed by atoms with E-state index in [9.17, 15) is 4.79 Å². The molecule has 0 aromatic carbocycles. The molecule has 2 rings (SSSR count). The maximum atomic E-state index is 11.8. The molecule has 0 unspecified atom stereocenters. The first-order valence-electron chi connectivity index (χ1n) is 10.9. The van der Waals surface area contributed by atoms with Crippen LogP contribution in [0.1, 0.15) is 64.9 Å². The number of esters is 1. The maximum absolute atomic E-state index is 11.8. The number of carbonyl (C=O) groups excluding carboxylic acids is 1. The number of rotatable bonds is 9. The molecule has 1 aliphatic rings. The highest BCUT2D eigenvalue weighted by atomic mass is 32.2. The summed E-state index contributed by atoms with van der Waals surface area (Å²) in [7, 11) is -1.71. The highest BCUT2D eigenvalue weighted by Gasteiger charge is 2.42. The molecule has 0 saturated heterocycles. The van der Waals surface area contributed by atoms with Gasteiger partial charge in [0.1, 0.15) is 0 Å².